The molecular formula is C15H28O3. The summed E-state index contributed by atoms with van der Waals surface area (Å²) in [5, 5.41) is 0. The molecule has 1 unspecified atom stereocenters. The molecule has 0 saturated carbocycles. The summed E-state index contributed by atoms with van der Waals surface area (Å²) in [5.74, 6) is -0.134. The van der Waals surface area contributed by atoms with E-state index in [2.05, 4.69) is 6.92 Å². The molecule has 0 radical (unpaired) electrons. The van der Waals surface area contributed by atoms with Gasteiger partial charge < -0.3 is 4.74 Å². The Kier molecular flexibility index (Phi) is 10.7. The third-order valence-corrected chi connectivity index (χ3v) is 3.08. The van der Waals surface area contributed by atoms with Gasteiger partial charge in [0.15, 0.2) is 0 Å². The number of rotatable bonds is 11. The Balaban J connectivity index is 4.15. The van der Waals surface area contributed by atoms with Gasteiger partial charge in [0.05, 0.1) is 13.0 Å². The van der Waals surface area contributed by atoms with Crippen molar-refractivity contribution in [3.05, 3.63) is 0 Å². The first-order valence-corrected chi connectivity index (χ1v) is 7.33. The Morgan fingerprint density at radius 2 is 1.72 bits per heavy atom. The van der Waals surface area contributed by atoms with Crippen molar-refractivity contribution in [2.45, 2.75) is 72.1 Å². The van der Waals surface area contributed by atoms with Crippen LogP contribution in [-0.2, 0) is 14.3 Å². The van der Waals surface area contributed by atoms with Crippen molar-refractivity contribution < 1.29 is 14.3 Å². The summed E-state index contributed by atoms with van der Waals surface area (Å²) in [6.07, 6.45) is 7.10. The maximum atomic E-state index is 11.9. The predicted molar refractivity (Wildman–Crippen MR) is 73.4 cm³/mol. The maximum Gasteiger partial charge on any atom is 0.306 e. The average Bonchev–Trinajstić information content (AvgIpc) is 2.33. The normalized spacial score (nSPS) is 12.2. The minimum atomic E-state index is -0.234. The van der Waals surface area contributed by atoms with E-state index in [4.69, 9.17) is 4.74 Å². The summed E-state index contributed by atoms with van der Waals surface area (Å²) in [6, 6.07) is 0. The number of unbranched alkanes of at least 4 members (excludes halogenated alkanes) is 3. The van der Waals surface area contributed by atoms with E-state index in [0.29, 0.717) is 13.0 Å². The van der Waals surface area contributed by atoms with E-state index >= 15 is 0 Å². The summed E-state index contributed by atoms with van der Waals surface area (Å²) in [6.45, 7) is 6.35. The van der Waals surface area contributed by atoms with Gasteiger partial charge in [-0.3, -0.25) is 9.59 Å². The molecule has 0 aromatic carbocycles. The standard InChI is InChI=1S/C15H28O3/c1-4-7-8-9-11-13(14(16)10-5-2)12-15(17)18-6-3/h13H,4-12H2,1-3H3. The second kappa shape index (κ2) is 11.2. The van der Waals surface area contributed by atoms with Crippen LogP contribution in [0.4, 0.5) is 0 Å². The lowest BCUT2D eigenvalue weighted by atomic mass is 9.91. The molecule has 0 fully saturated rings. The molecule has 0 aromatic heterocycles. The highest BCUT2D eigenvalue weighted by Gasteiger charge is 2.21. The first-order chi connectivity index (χ1) is 8.65. The predicted octanol–water partition coefficient (Wildman–Crippen LogP) is 3.90. The fourth-order valence-corrected chi connectivity index (χ4v) is 2.07. The molecule has 1 atom stereocenters. The summed E-state index contributed by atoms with van der Waals surface area (Å²) >= 11 is 0. The van der Waals surface area contributed by atoms with Crippen molar-refractivity contribution in [1.82, 2.24) is 0 Å². The SMILES string of the molecule is CCCCCCC(CC(=O)OCC)C(=O)CCC. The molecule has 0 bridgehead atoms. The third kappa shape index (κ3) is 8.26. The van der Waals surface area contributed by atoms with Crippen LogP contribution >= 0.6 is 0 Å². The molecule has 0 saturated heterocycles. The van der Waals surface area contributed by atoms with Crippen molar-refractivity contribution in [1.29, 1.82) is 0 Å². The number of esters is 1. The first-order valence-electron chi connectivity index (χ1n) is 7.33. The van der Waals surface area contributed by atoms with Gasteiger partial charge in [0, 0.05) is 12.3 Å². The number of ether oxygens (including phenoxy) is 1. The summed E-state index contributed by atoms with van der Waals surface area (Å²) in [7, 11) is 0. The minimum absolute atomic E-state index is 0.124. The van der Waals surface area contributed by atoms with Crippen molar-refractivity contribution in [2.24, 2.45) is 5.92 Å². The first kappa shape index (κ1) is 17.1. The van der Waals surface area contributed by atoms with Crippen molar-refractivity contribution in [3.63, 3.8) is 0 Å². The molecule has 0 rings (SSSR count). The van der Waals surface area contributed by atoms with Crippen molar-refractivity contribution in [3.8, 4) is 0 Å². The van der Waals surface area contributed by atoms with Crippen molar-refractivity contribution in [2.75, 3.05) is 6.61 Å². The van der Waals surface area contributed by atoms with Crippen LogP contribution in [-0.4, -0.2) is 18.4 Å². The molecule has 3 heteroatoms. The lowest BCUT2D eigenvalue weighted by molar-refractivity contribution is -0.146. The van der Waals surface area contributed by atoms with E-state index in [9.17, 15) is 9.59 Å². The van der Waals surface area contributed by atoms with Gasteiger partial charge >= 0.3 is 5.97 Å². The lowest BCUT2D eigenvalue weighted by Gasteiger charge is -2.14. The third-order valence-electron chi connectivity index (χ3n) is 3.08. The van der Waals surface area contributed by atoms with E-state index in [1.807, 2.05) is 6.92 Å². The molecule has 0 aliphatic heterocycles. The van der Waals surface area contributed by atoms with Gasteiger partial charge in [-0.1, -0.05) is 39.5 Å². The average molecular weight is 256 g/mol. The highest BCUT2D eigenvalue weighted by atomic mass is 16.5. The fourth-order valence-electron chi connectivity index (χ4n) is 2.07. The number of ketones is 1. The van der Waals surface area contributed by atoms with Crippen LogP contribution in [0.25, 0.3) is 0 Å². The monoisotopic (exact) mass is 256 g/mol. The fraction of sp³-hybridized carbons (Fsp3) is 0.867. The van der Waals surface area contributed by atoms with Gasteiger partial charge in [-0.2, -0.15) is 0 Å². The van der Waals surface area contributed by atoms with E-state index < -0.39 is 0 Å². The lowest BCUT2D eigenvalue weighted by Crippen LogP contribution is -2.20. The van der Waals surface area contributed by atoms with Gasteiger partial charge in [-0.05, 0) is 19.8 Å². The van der Waals surface area contributed by atoms with Crippen LogP contribution < -0.4 is 0 Å². The molecule has 0 aliphatic carbocycles. The van der Waals surface area contributed by atoms with Crippen LogP contribution in [0, 0.1) is 5.92 Å². The highest BCUT2D eigenvalue weighted by molar-refractivity contribution is 5.85. The Labute approximate surface area is 111 Å². The zero-order valence-corrected chi connectivity index (χ0v) is 12.2. The molecule has 0 amide bonds. The quantitative estimate of drug-likeness (QED) is 0.416. The second-order valence-electron chi connectivity index (χ2n) is 4.77. The van der Waals surface area contributed by atoms with E-state index in [1.165, 1.54) is 12.8 Å². The van der Waals surface area contributed by atoms with Crippen LogP contribution in [0.15, 0.2) is 0 Å². The molecule has 0 N–H and O–H groups in total. The molecule has 0 aromatic rings. The molecule has 106 valence electrons. The van der Waals surface area contributed by atoms with Crippen molar-refractivity contribution >= 4 is 11.8 Å². The Bertz CT molecular complexity index is 236. The van der Waals surface area contributed by atoms with Gasteiger partial charge in [-0.15, -0.1) is 0 Å². The highest BCUT2D eigenvalue weighted by Crippen LogP contribution is 2.18. The molecule has 18 heavy (non-hydrogen) atoms. The Morgan fingerprint density at radius 3 is 2.28 bits per heavy atom. The minimum Gasteiger partial charge on any atom is -0.466 e. The molecule has 0 heterocycles. The van der Waals surface area contributed by atoms with Crippen LogP contribution in [0.5, 0.6) is 0 Å². The summed E-state index contributed by atoms with van der Waals surface area (Å²) in [5.41, 5.74) is 0. The number of carbonyl (C=O) groups excluding carboxylic acids is 2. The zero-order chi connectivity index (χ0) is 13.8. The molecular weight excluding hydrogens is 228 g/mol. The zero-order valence-electron chi connectivity index (χ0n) is 12.2. The number of hydrogen-bond acceptors (Lipinski definition) is 3. The van der Waals surface area contributed by atoms with Gasteiger partial charge in [-0.25, -0.2) is 0 Å². The molecule has 3 nitrogen and oxygen atoms in total. The maximum absolute atomic E-state index is 11.9. The second-order valence-corrected chi connectivity index (χ2v) is 4.77. The van der Waals surface area contributed by atoms with Gasteiger partial charge in [0.2, 0.25) is 0 Å². The number of hydrogen-bond donors (Lipinski definition) is 0. The van der Waals surface area contributed by atoms with Gasteiger partial charge in [0.25, 0.3) is 0 Å². The summed E-state index contributed by atoms with van der Waals surface area (Å²) < 4.78 is 4.94. The largest absolute Gasteiger partial charge is 0.466 e. The molecule has 0 spiro atoms. The number of carbonyl (C=O) groups is 2. The van der Waals surface area contributed by atoms with Crippen LogP contribution in [0.2, 0.25) is 0 Å². The summed E-state index contributed by atoms with van der Waals surface area (Å²) in [4.78, 5) is 23.4. The molecule has 0 aliphatic rings. The van der Waals surface area contributed by atoms with Gasteiger partial charge in [0.1, 0.15) is 5.78 Å². The smallest absolute Gasteiger partial charge is 0.306 e. The Morgan fingerprint density at radius 1 is 1.00 bits per heavy atom. The van der Waals surface area contributed by atoms with Crippen LogP contribution in [0.1, 0.15) is 72.1 Å². The van der Waals surface area contributed by atoms with Crippen LogP contribution in [0.3, 0.4) is 0 Å². The number of Topliss-reactive ketones (excluding diaryl/α,β-unsaturated/α-hetero) is 1. The van der Waals surface area contributed by atoms with E-state index in [-0.39, 0.29) is 24.1 Å². The Hall–Kier alpha value is -0.860. The van der Waals surface area contributed by atoms with E-state index in [1.54, 1.807) is 6.92 Å². The van der Waals surface area contributed by atoms with E-state index in [0.717, 1.165) is 25.7 Å². The topological polar surface area (TPSA) is 43.4 Å².